The van der Waals surface area contributed by atoms with Gasteiger partial charge in [0.1, 0.15) is 0 Å². The van der Waals surface area contributed by atoms with E-state index in [4.69, 9.17) is 11.6 Å². The Bertz CT molecular complexity index is 438. The number of nitrogens with zero attached hydrogens (tertiary/aromatic N) is 1. The summed E-state index contributed by atoms with van der Waals surface area (Å²) in [6.45, 7) is 5.98. The Labute approximate surface area is 119 Å². The fourth-order valence-corrected chi connectivity index (χ4v) is 2.44. The lowest BCUT2D eigenvalue weighted by atomic mass is 10.2. The van der Waals surface area contributed by atoms with Crippen molar-refractivity contribution in [2.75, 3.05) is 31.5 Å². The predicted molar refractivity (Wildman–Crippen MR) is 78.6 cm³/mol. The van der Waals surface area contributed by atoms with Gasteiger partial charge in [-0.05, 0) is 25.1 Å². The van der Waals surface area contributed by atoms with E-state index in [1.807, 2.05) is 12.1 Å². The number of hydrogen-bond donors (Lipinski definition) is 2. The smallest absolute Gasteiger partial charge is 0.225 e. The summed E-state index contributed by atoms with van der Waals surface area (Å²) in [4.78, 5) is 14.2. The Morgan fingerprint density at radius 3 is 3.16 bits per heavy atom. The highest BCUT2D eigenvalue weighted by Crippen LogP contribution is 2.15. The largest absolute Gasteiger partial charge is 0.326 e. The van der Waals surface area contributed by atoms with Gasteiger partial charge < -0.3 is 10.6 Å². The van der Waals surface area contributed by atoms with Gasteiger partial charge in [0.15, 0.2) is 0 Å². The number of piperazine rings is 1. The Morgan fingerprint density at radius 2 is 2.42 bits per heavy atom. The van der Waals surface area contributed by atoms with Crippen molar-refractivity contribution in [3.63, 3.8) is 0 Å². The first-order valence-corrected chi connectivity index (χ1v) is 7.03. The summed E-state index contributed by atoms with van der Waals surface area (Å²) < 4.78 is 0. The number of nitrogens with one attached hydrogen (secondary N) is 2. The maximum Gasteiger partial charge on any atom is 0.225 e. The molecule has 2 rings (SSSR count). The van der Waals surface area contributed by atoms with E-state index in [0.717, 1.165) is 31.9 Å². The molecule has 1 unspecified atom stereocenters. The molecule has 0 saturated carbocycles. The molecule has 4 nitrogen and oxygen atoms in total. The van der Waals surface area contributed by atoms with Crippen molar-refractivity contribution in [1.82, 2.24) is 10.2 Å². The minimum atomic E-state index is 0.0352. The summed E-state index contributed by atoms with van der Waals surface area (Å²) in [5.74, 6) is 0.0352. The number of carbonyl (C=O) groups is 1. The van der Waals surface area contributed by atoms with Gasteiger partial charge in [-0.15, -0.1) is 0 Å². The van der Waals surface area contributed by atoms with Crippen LogP contribution >= 0.6 is 11.6 Å². The number of hydrogen-bond acceptors (Lipinski definition) is 3. The molecule has 0 spiro atoms. The van der Waals surface area contributed by atoms with Crippen molar-refractivity contribution in [1.29, 1.82) is 0 Å². The lowest BCUT2D eigenvalue weighted by Gasteiger charge is -2.33. The van der Waals surface area contributed by atoms with E-state index in [1.54, 1.807) is 12.1 Å². The van der Waals surface area contributed by atoms with Crippen LogP contribution in [0.1, 0.15) is 13.3 Å². The van der Waals surface area contributed by atoms with Gasteiger partial charge >= 0.3 is 0 Å². The molecule has 0 aliphatic carbocycles. The number of benzene rings is 1. The van der Waals surface area contributed by atoms with Crippen LogP contribution < -0.4 is 10.6 Å². The minimum Gasteiger partial charge on any atom is -0.326 e. The van der Waals surface area contributed by atoms with Crippen LogP contribution in [0.5, 0.6) is 0 Å². The average Bonchev–Trinajstić information content (AvgIpc) is 2.38. The fourth-order valence-electron chi connectivity index (χ4n) is 2.25. The topological polar surface area (TPSA) is 44.4 Å². The molecule has 1 amide bonds. The van der Waals surface area contributed by atoms with Crippen molar-refractivity contribution in [3.05, 3.63) is 29.3 Å². The number of carbonyl (C=O) groups excluding carboxylic acids is 1. The summed E-state index contributed by atoms with van der Waals surface area (Å²) >= 11 is 5.88. The van der Waals surface area contributed by atoms with E-state index in [0.29, 0.717) is 17.5 Å². The van der Waals surface area contributed by atoms with Crippen LogP contribution in [0.4, 0.5) is 5.69 Å². The van der Waals surface area contributed by atoms with Crippen LogP contribution in [0.25, 0.3) is 0 Å². The van der Waals surface area contributed by atoms with E-state index >= 15 is 0 Å². The third-order valence-electron chi connectivity index (χ3n) is 3.37. The number of halogens is 1. The third kappa shape index (κ3) is 4.49. The van der Waals surface area contributed by atoms with Crippen LogP contribution in [0, 0.1) is 0 Å². The Kier molecular flexibility index (Phi) is 5.19. The monoisotopic (exact) mass is 281 g/mol. The molecule has 1 atom stereocenters. The fraction of sp³-hybridized carbons (Fsp3) is 0.500. The first-order chi connectivity index (χ1) is 9.15. The maximum absolute atomic E-state index is 11.9. The van der Waals surface area contributed by atoms with Crippen LogP contribution in [0.3, 0.4) is 0 Å². The first-order valence-electron chi connectivity index (χ1n) is 6.65. The molecular formula is C14H20ClN3O. The van der Waals surface area contributed by atoms with Crippen LogP contribution in [0.2, 0.25) is 5.02 Å². The first kappa shape index (κ1) is 14.3. The van der Waals surface area contributed by atoms with Gasteiger partial charge in [0, 0.05) is 49.4 Å². The molecule has 2 N–H and O–H groups in total. The Hall–Kier alpha value is -1.10. The maximum atomic E-state index is 11.9. The summed E-state index contributed by atoms with van der Waals surface area (Å²) in [5.41, 5.74) is 0.755. The van der Waals surface area contributed by atoms with E-state index < -0.39 is 0 Å². The number of rotatable bonds is 4. The summed E-state index contributed by atoms with van der Waals surface area (Å²) in [6.07, 6.45) is 0.511. The zero-order chi connectivity index (χ0) is 13.7. The molecule has 1 aliphatic rings. The zero-order valence-corrected chi connectivity index (χ0v) is 11.9. The lowest BCUT2D eigenvalue weighted by molar-refractivity contribution is -0.116. The lowest BCUT2D eigenvalue weighted by Crippen LogP contribution is -2.50. The highest BCUT2D eigenvalue weighted by molar-refractivity contribution is 6.30. The molecule has 19 heavy (non-hydrogen) atoms. The molecular weight excluding hydrogens is 262 g/mol. The summed E-state index contributed by atoms with van der Waals surface area (Å²) in [7, 11) is 0. The normalized spacial score (nSPS) is 20.2. The standard InChI is InChI=1S/C14H20ClN3O/c1-11-10-16-6-8-18(11)7-5-14(19)17-13-4-2-3-12(15)9-13/h2-4,9,11,16H,5-8,10H2,1H3,(H,17,19). The second-order valence-corrected chi connectivity index (χ2v) is 5.33. The molecule has 1 aliphatic heterocycles. The summed E-state index contributed by atoms with van der Waals surface area (Å²) in [6, 6.07) is 7.72. The molecule has 1 fully saturated rings. The van der Waals surface area contributed by atoms with Gasteiger partial charge in [-0.25, -0.2) is 0 Å². The van der Waals surface area contributed by atoms with Gasteiger partial charge in [0.25, 0.3) is 0 Å². The van der Waals surface area contributed by atoms with E-state index in [2.05, 4.69) is 22.5 Å². The molecule has 1 aromatic carbocycles. The number of amides is 1. The molecule has 1 aromatic rings. The zero-order valence-electron chi connectivity index (χ0n) is 11.2. The van der Waals surface area contributed by atoms with Gasteiger partial charge in [0.2, 0.25) is 5.91 Å². The van der Waals surface area contributed by atoms with Gasteiger partial charge in [0.05, 0.1) is 0 Å². The third-order valence-corrected chi connectivity index (χ3v) is 3.61. The van der Waals surface area contributed by atoms with Crippen LogP contribution in [-0.4, -0.2) is 43.0 Å². The highest BCUT2D eigenvalue weighted by Gasteiger charge is 2.18. The molecule has 1 heterocycles. The van der Waals surface area contributed by atoms with E-state index in [1.165, 1.54) is 0 Å². The van der Waals surface area contributed by atoms with Crippen molar-refractivity contribution in [3.8, 4) is 0 Å². The molecule has 0 bridgehead atoms. The van der Waals surface area contributed by atoms with Crippen molar-refractivity contribution in [2.45, 2.75) is 19.4 Å². The molecule has 104 valence electrons. The average molecular weight is 282 g/mol. The molecule has 1 saturated heterocycles. The second-order valence-electron chi connectivity index (χ2n) is 4.90. The molecule has 0 aromatic heterocycles. The SMILES string of the molecule is CC1CNCCN1CCC(=O)Nc1cccc(Cl)c1. The van der Waals surface area contributed by atoms with Gasteiger partial charge in [-0.1, -0.05) is 17.7 Å². The molecule has 0 radical (unpaired) electrons. The van der Waals surface area contributed by atoms with Crippen LogP contribution in [0.15, 0.2) is 24.3 Å². The van der Waals surface area contributed by atoms with Crippen molar-refractivity contribution >= 4 is 23.2 Å². The van der Waals surface area contributed by atoms with E-state index in [9.17, 15) is 4.79 Å². The second kappa shape index (κ2) is 6.89. The summed E-state index contributed by atoms with van der Waals surface area (Å²) in [5, 5.41) is 6.85. The molecule has 5 heteroatoms. The minimum absolute atomic E-state index is 0.0352. The van der Waals surface area contributed by atoms with Gasteiger partial charge in [-0.3, -0.25) is 9.69 Å². The Morgan fingerprint density at radius 1 is 1.58 bits per heavy atom. The Balaban J connectivity index is 1.78. The van der Waals surface area contributed by atoms with Crippen LogP contribution in [-0.2, 0) is 4.79 Å². The van der Waals surface area contributed by atoms with E-state index in [-0.39, 0.29) is 5.91 Å². The highest BCUT2D eigenvalue weighted by atomic mass is 35.5. The van der Waals surface area contributed by atoms with Gasteiger partial charge in [-0.2, -0.15) is 0 Å². The predicted octanol–water partition coefficient (Wildman–Crippen LogP) is 1.96. The number of anilines is 1. The van der Waals surface area contributed by atoms with Crippen molar-refractivity contribution in [2.24, 2.45) is 0 Å². The van der Waals surface area contributed by atoms with Crippen molar-refractivity contribution < 1.29 is 4.79 Å². The quantitative estimate of drug-likeness (QED) is 0.887.